The van der Waals surface area contributed by atoms with E-state index < -0.39 is 5.97 Å². The molecule has 2 N–H and O–H groups in total. The van der Waals surface area contributed by atoms with Crippen molar-refractivity contribution in [2.24, 2.45) is 7.05 Å². The van der Waals surface area contributed by atoms with Crippen molar-refractivity contribution < 1.29 is 9.90 Å². The Hall–Kier alpha value is -3.07. The largest absolute Gasteiger partial charge is 0.478 e. The zero-order chi connectivity index (χ0) is 14.1. The Morgan fingerprint density at radius 3 is 2.95 bits per heavy atom. The number of H-pyrrole nitrogens is 1. The maximum atomic E-state index is 10.9. The highest BCUT2D eigenvalue weighted by Gasteiger charge is 2.07. The number of fused-ring (bicyclic) bond motifs is 1. The van der Waals surface area contributed by atoms with Crippen LogP contribution in [-0.2, 0) is 7.05 Å². The van der Waals surface area contributed by atoms with Crippen LogP contribution in [0.4, 0.5) is 0 Å². The van der Waals surface area contributed by atoms with Gasteiger partial charge in [0.25, 0.3) is 0 Å². The molecule has 98 valence electrons. The summed E-state index contributed by atoms with van der Waals surface area (Å²) in [6.07, 6.45) is 3.34. The van der Waals surface area contributed by atoms with Crippen molar-refractivity contribution in [3.63, 3.8) is 0 Å². The van der Waals surface area contributed by atoms with Gasteiger partial charge in [0.15, 0.2) is 0 Å². The maximum Gasteiger partial charge on any atom is 0.335 e. The van der Waals surface area contributed by atoms with Gasteiger partial charge in [-0.2, -0.15) is 5.10 Å². The average Bonchev–Trinajstić information content (AvgIpc) is 3.02. The second-order valence-corrected chi connectivity index (χ2v) is 4.28. The number of nitrogens with one attached hydrogen (secondary N) is 1. The van der Waals surface area contributed by atoms with E-state index in [-0.39, 0.29) is 5.56 Å². The molecule has 0 unspecified atom stereocenters. The number of carbonyl (C=O) groups is 1. The topological polar surface area (TPSA) is 83.8 Å². The summed E-state index contributed by atoms with van der Waals surface area (Å²) in [4.78, 5) is 14.9. The third-order valence-corrected chi connectivity index (χ3v) is 2.94. The molecule has 0 atom stereocenters. The van der Waals surface area contributed by atoms with Crippen molar-refractivity contribution in [1.82, 2.24) is 19.7 Å². The van der Waals surface area contributed by atoms with Crippen LogP contribution in [-0.4, -0.2) is 30.8 Å². The number of rotatable bonds is 1. The van der Waals surface area contributed by atoms with E-state index in [1.165, 1.54) is 6.07 Å². The van der Waals surface area contributed by atoms with Crippen LogP contribution in [0.15, 0.2) is 30.7 Å². The first-order valence-corrected chi connectivity index (χ1v) is 5.85. The Labute approximate surface area is 114 Å². The van der Waals surface area contributed by atoms with Gasteiger partial charge in [-0.15, -0.1) is 0 Å². The maximum absolute atomic E-state index is 10.9. The second kappa shape index (κ2) is 4.55. The van der Waals surface area contributed by atoms with Crippen molar-refractivity contribution >= 4 is 16.9 Å². The summed E-state index contributed by atoms with van der Waals surface area (Å²) in [7, 11) is 1.86. The molecule has 0 aliphatic rings. The molecule has 0 saturated carbocycles. The van der Waals surface area contributed by atoms with Crippen LogP contribution in [0, 0.1) is 11.8 Å². The summed E-state index contributed by atoms with van der Waals surface area (Å²) in [6, 6.07) is 4.78. The molecular formula is C14H10N4O2. The normalized spacial score (nSPS) is 10.2. The predicted molar refractivity (Wildman–Crippen MR) is 72.2 cm³/mol. The summed E-state index contributed by atoms with van der Waals surface area (Å²) in [5.41, 5.74) is 2.23. The molecule has 3 rings (SSSR count). The van der Waals surface area contributed by atoms with E-state index in [9.17, 15) is 4.79 Å². The molecule has 0 spiro atoms. The predicted octanol–water partition coefficient (Wildman–Crippen LogP) is 1.39. The smallest absolute Gasteiger partial charge is 0.335 e. The van der Waals surface area contributed by atoms with E-state index in [0.29, 0.717) is 11.2 Å². The fraction of sp³-hybridized carbons (Fsp3) is 0.0714. The number of carboxylic acid groups (broad SMARTS) is 1. The van der Waals surface area contributed by atoms with Crippen LogP contribution in [0.1, 0.15) is 21.7 Å². The number of benzene rings is 1. The van der Waals surface area contributed by atoms with Crippen molar-refractivity contribution in [1.29, 1.82) is 0 Å². The Balaban J connectivity index is 2.04. The van der Waals surface area contributed by atoms with Crippen LogP contribution in [0.5, 0.6) is 0 Å². The Kier molecular flexibility index (Phi) is 2.73. The molecule has 6 nitrogen and oxygen atoms in total. The Bertz CT molecular complexity index is 864. The van der Waals surface area contributed by atoms with Gasteiger partial charge in [0.1, 0.15) is 11.4 Å². The zero-order valence-corrected chi connectivity index (χ0v) is 10.6. The van der Waals surface area contributed by atoms with Crippen LogP contribution in [0.25, 0.3) is 10.9 Å². The van der Waals surface area contributed by atoms with Crippen LogP contribution < -0.4 is 0 Å². The molecule has 2 aromatic heterocycles. The number of aryl methyl sites for hydroxylation is 1. The molecule has 0 radical (unpaired) electrons. The number of hydrogen-bond acceptors (Lipinski definition) is 3. The highest BCUT2D eigenvalue weighted by Crippen LogP contribution is 2.17. The molecule has 0 amide bonds. The third-order valence-electron chi connectivity index (χ3n) is 2.94. The minimum absolute atomic E-state index is 0.215. The van der Waals surface area contributed by atoms with Gasteiger partial charge in [-0.25, -0.2) is 9.78 Å². The lowest BCUT2D eigenvalue weighted by Crippen LogP contribution is -1.94. The molecule has 2 heterocycles. The van der Waals surface area contributed by atoms with Gasteiger partial charge in [-0.3, -0.25) is 5.10 Å². The highest BCUT2D eigenvalue weighted by atomic mass is 16.4. The number of aromatic amines is 1. The number of nitrogens with zero attached hydrogens (tertiary/aromatic N) is 3. The first kappa shape index (κ1) is 12.0. The monoisotopic (exact) mass is 266 g/mol. The highest BCUT2D eigenvalue weighted by molar-refractivity contribution is 5.94. The summed E-state index contributed by atoms with van der Waals surface area (Å²) >= 11 is 0. The molecule has 0 saturated heterocycles. The van der Waals surface area contributed by atoms with E-state index in [1.54, 1.807) is 24.7 Å². The average molecular weight is 266 g/mol. The lowest BCUT2D eigenvalue weighted by molar-refractivity contribution is 0.0697. The summed E-state index contributed by atoms with van der Waals surface area (Å²) < 4.78 is 1.81. The molecule has 3 aromatic rings. The lowest BCUT2D eigenvalue weighted by atomic mass is 10.1. The fourth-order valence-corrected chi connectivity index (χ4v) is 1.85. The van der Waals surface area contributed by atoms with Crippen molar-refractivity contribution in [2.75, 3.05) is 0 Å². The molecule has 0 aliphatic heterocycles. The lowest BCUT2D eigenvalue weighted by Gasteiger charge is -1.93. The minimum Gasteiger partial charge on any atom is -0.478 e. The van der Waals surface area contributed by atoms with Gasteiger partial charge >= 0.3 is 5.97 Å². The standard InChI is InChI=1S/C14H10N4O2/c1-18-8-15-7-10(18)3-5-12-11-4-2-9(14(19)20)6-13(11)17-16-12/h2,4,6-8H,1H3,(H,16,17)(H,19,20). The fourth-order valence-electron chi connectivity index (χ4n) is 1.85. The van der Waals surface area contributed by atoms with Gasteiger partial charge in [0.2, 0.25) is 0 Å². The summed E-state index contributed by atoms with van der Waals surface area (Å²) in [5.74, 6) is 4.97. The van der Waals surface area contributed by atoms with Crippen LogP contribution in [0.2, 0.25) is 0 Å². The van der Waals surface area contributed by atoms with Crippen LogP contribution >= 0.6 is 0 Å². The van der Waals surface area contributed by atoms with Gasteiger partial charge in [0, 0.05) is 12.4 Å². The summed E-state index contributed by atoms with van der Waals surface area (Å²) in [6.45, 7) is 0. The molecular weight excluding hydrogens is 256 g/mol. The molecule has 0 bridgehead atoms. The van der Waals surface area contributed by atoms with E-state index in [1.807, 2.05) is 11.6 Å². The third kappa shape index (κ3) is 2.01. The van der Waals surface area contributed by atoms with E-state index >= 15 is 0 Å². The Morgan fingerprint density at radius 2 is 2.25 bits per heavy atom. The van der Waals surface area contributed by atoms with Gasteiger partial charge in [-0.1, -0.05) is 0 Å². The van der Waals surface area contributed by atoms with E-state index in [4.69, 9.17) is 5.11 Å². The number of carboxylic acids is 1. The van der Waals surface area contributed by atoms with Crippen molar-refractivity contribution in [3.05, 3.63) is 47.7 Å². The van der Waals surface area contributed by atoms with Crippen molar-refractivity contribution in [2.45, 2.75) is 0 Å². The number of aromatic carboxylic acids is 1. The van der Waals surface area contributed by atoms with E-state index in [2.05, 4.69) is 27.0 Å². The molecule has 20 heavy (non-hydrogen) atoms. The number of imidazole rings is 1. The molecule has 1 aromatic carbocycles. The number of hydrogen-bond donors (Lipinski definition) is 2. The molecule has 0 fully saturated rings. The van der Waals surface area contributed by atoms with Gasteiger partial charge < -0.3 is 9.67 Å². The first-order valence-electron chi connectivity index (χ1n) is 5.85. The molecule has 0 aliphatic carbocycles. The summed E-state index contributed by atoms with van der Waals surface area (Å²) in [5, 5.41) is 16.6. The van der Waals surface area contributed by atoms with E-state index in [0.717, 1.165) is 11.1 Å². The minimum atomic E-state index is -0.969. The van der Waals surface area contributed by atoms with Gasteiger partial charge in [0.05, 0.1) is 23.6 Å². The van der Waals surface area contributed by atoms with Crippen LogP contribution in [0.3, 0.4) is 0 Å². The second-order valence-electron chi connectivity index (χ2n) is 4.28. The SMILES string of the molecule is Cn1cncc1C#Cc1n[nH]c2cc(C(=O)O)ccc12. The van der Waals surface area contributed by atoms with Crippen molar-refractivity contribution in [3.8, 4) is 11.8 Å². The quantitative estimate of drug-likeness (QED) is 0.652. The first-order chi connectivity index (χ1) is 9.65. The zero-order valence-electron chi connectivity index (χ0n) is 10.6. The number of aromatic nitrogens is 4. The Morgan fingerprint density at radius 1 is 1.40 bits per heavy atom. The molecule has 6 heteroatoms. The van der Waals surface area contributed by atoms with Gasteiger partial charge in [-0.05, 0) is 30.0 Å².